The highest BCUT2D eigenvalue weighted by atomic mass is 32.1. The maximum atomic E-state index is 10.9. The first-order valence-corrected chi connectivity index (χ1v) is 5.17. The summed E-state index contributed by atoms with van der Waals surface area (Å²) >= 11 is 1.48. The molecule has 0 amide bonds. The first-order chi connectivity index (χ1) is 7.18. The number of aromatic carboxylic acids is 1. The van der Waals surface area contributed by atoms with Gasteiger partial charge < -0.3 is 5.11 Å². The van der Waals surface area contributed by atoms with E-state index < -0.39 is 5.97 Å². The van der Waals surface area contributed by atoms with Crippen LogP contribution >= 0.6 is 11.3 Å². The van der Waals surface area contributed by atoms with Crippen molar-refractivity contribution < 1.29 is 9.90 Å². The predicted octanol–water partition coefficient (Wildman–Crippen LogP) is 2.21. The molecule has 0 fully saturated rings. The molecule has 15 heavy (non-hydrogen) atoms. The van der Waals surface area contributed by atoms with E-state index in [9.17, 15) is 4.79 Å². The van der Waals surface area contributed by atoms with Crippen LogP contribution in [0.2, 0.25) is 0 Å². The summed E-state index contributed by atoms with van der Waals surface area (Å²) in [4.78, 5) is 19.8. The molecule has 0 bridgehead atoms. The molecule has 0 spiro atoms. The minimum absolute atomic E-state index is 0.0633. The molecular formula is C10H8N2O2S. The van der Waals surface area contributed by atoms with Gasteiger partial charge in [-0.05, 0) is 18.4 Å². The maximum absolute atomic E-state index is 10.9. The standard InChI is InChI=1S/C10H8N2O2S/c1-6-5-11-9(7-3-2-4-15-7)12-8(6)10(13)14/h2-5H,1H3,(H,13,14). The number of aryl methyl sites for hydroxylation is 1. The van der Waals surface area contributed by atoms with E-state index in [1.807, 2.05) is 17.5 Å². The molecule has 0 aliphatic carbocycles. The van der Waals surface area contributed by atoms with Crippen molar-refractivity contribution in [2.45, 2.75) is 6.92 Å². The van der Waals surface area contributed by atoms with Crippen molar-refractivity contribution in [2.24, 2.45) is 0 Å². The van der Waals surface area contributed by atoms with Gasteiger partial charge in [0.15, 0.2) is 11.5 Å². The van der Waals surface area contributed by atoms with Crippen LogP contribution in [-0.2, 0) is 0 Å². The molecule has 1 N–H and O–H groups in total. The molecule has 2 aromatic rings. The summed E-state index contributed by atoms with van der Waals surface area (Å²) in [5.41, 5.74) is 0.635. The van der Waals surface area contributed by atoms with E-state index in [1.54, 1.807) is 6.92 Å². The number of aromatic nitrogens is 2. The highest BCUT2D eigenvalue weighted by molar-refractivity contribution is 7.13. The quantitative estimate of drug-likeness (QED) is 0.842. The summed E-state index contributed by atoms with van der Waals surface area (Å²) in [6.07, 6.45) is 1.53. The van der Waals surface area contributed by atoms with Crippen LogP contribution in [0.3, 0.4) is 0 Å². The van der Waals surface area contributed by atoms with Crippen molar-refractivity contribution >= 4 is 17.3 Å². The highest BCUT2D eigenvalue weighted by Gasteiger charge is 2.12. The Morgan fingerprint density at radius 2 is 2.33 bits per heavy atom. The van der Waals surface area contributed by atoms with E-state index in [1.165, 1.54) is 17.5 Å². The number of rotatable bonds is 2. The fourth-order valence-corrected chi connectivity index (χ4v) is 1.85. The Kier molecular flexibility index (Phi) is 2.47. The van der Waals surface area contributed by atoms with Gasteiger partial charge >= 0.3 is 5.97 Å². The molecule has 2 aromatic heterocycles. The molecule has 0 aromatic carbocycles. The molecular weight excluding hydrogens is 212 g/mol. The Labute approximate surface area is 90.3 Å². The van der Waals surface area contributed by atoms with Gasteiger partial charge in [0.1, 0.15) is 0 Å². The predicted molar refractivity (Wildman–Crippen MR) is 57.0 cm³/mol. The largest absolute Gasteiger partial charge is 0.477 e. The zero-order valence-electron chi connectivity index (χ0n) is 7.97. The second kappa shape index (κ2) is 3.78. The Hall–Kier alpha value is -1.75. The summed E-state index contributed by atoms with van der Waals surface area (Å²) in [6.45, 7) is 1.68. The van der Waals surface area contributed by atoms with Crippen LogP contribution in [0.5, 0.6) is 0 Å². The molecule has 0 radical (unpaired) electrons. The number of hydrogen-bond donors (Lipinski definition) is 1. The Bertz CT molecular complexity index is 494. The topological polar surface area (TPSA) is 63.1 Å². The van der Waals surface area contributed by atoms with E-state index in [0.717, 1.165) is 4.88 Å². The van der Waals surface area contributed by atoms with Crippen LogP contribution in [0, 0.1) is 6.92 Å². The van der Waals surface area contributed by atoms with Gasteiger partial charge in [-0.25, -0.2) is 14.8 Å². The van der Waals surface area contributed by atoms with Crippen molar-refractivity contribution in [1.82, 2.24) is 9.97 Å². The second-order valence-corrected chi connectivity index (χ2v) is 3.96. The number of hydrogen-bond acceptors (Lipinski definition) is 4. The normalized spacial score (nSPS) is 10.2. The number of carbonyl (C=O) groups is 1. The van der Waals surface area contributed by atoms with Crippen molar-refractivity contribution in [1.29, 1.82) is 0 Å². The Morgan fingerprint density at radius 1 is 1.53 bits per heavy atom. The fraction of sp³-hybridized carbons (Fsp3) is 0.100. The van der Waals surface area contributed by atoms with Gasteiger partial charge in [0.25, 0.3) is 0 Å². The minimum atomic E-state index is -1.02. The van der Waals surface area contributed by atoms with Gasteiger partial charge in [0.2, 0.25) is 0 Å². The summed E-state index contributed by atoms with van der Waals surface area (Å²) in [7, 11) is 0. The van der Waals surface area contributed by atoms with E-state index >= 15 is 0 Å². The van der Waals surface area contributed by atoms with Crippen molar-refractivity contribution in [3.05, 3.63) is 35.0 Å². The molecule has 2 rings (SSSR count). The molecule has 76 valence electrons. The van der Waals surface area contributed by atoms with Crippen molar-refractivity contribution in [3.63, 3.8) is 0 Å². The van der Waals surface area contributed by atoms with Gasteiger partial charge in [-0.3, -0.25) is 0 Å². The lowest BCUT2D eigenvalue weighted by Gasteiger charge is -2.01. The van der Waals surface area contributed by atoms with Crippen molar-refractivity contribution in [3.8, 4) is 10.7 Å². The van der Waals surface area contributed by atoms with Gasteiger partial charge in [-0.15, -0.1) is 11.3 Å². The Morgan fingerprint density at radius 3 is 2.93 bits per heavy atom. The average molecular weight is 220 g/mol. The molecule has 0 unspecified atom stereocenters. The summed E-state index contributed by atoms with van der Waals surface area (Å²) in [6, 6.07) is 3.74. The maximum Gasteiger partial charge on any atom is 0.354 e. The average Bonchev–Trinajstić information content (AvgIpc) is 2.71. The van der Waals surface area contributed by atoms with Gasteiger partial charge in [-0.2, -0.15) is 0 Å². The lowest BCUT2D eigenvalue weighted by atomic mass is 10.2. The van der Waals surface area contributed by atoms with Crippen LogP contribution < -0.4 is 0 Å². The number of thiophene rings is 1. The van der Waals surface area contributed by atoms with Crippen molar-refractivity contribution in [2.75, 3.05) is 0 Å². The first-order valence-electron chi connectivity index (χ1n) is 4.29. The highest BCUT2D eigenvalue weighted by Crippen LogP contribution is 2.21. The molecule has 4 nitrogen and oxygen atoms in total. The van der Waals surface area contributed by atoms with Crippen LogP contribution in [-0.4, -0.2) is 21.0 Å². The third-order valence-electron chi connectivity index (χ3n) is 1.92. The summed E-state index contributed by atoms with van der Waals surface area (Å²) in [5.74, 6) is -0.555. The van der Waals surface area contributed by atoms with Crippen LogP contribution in [0.15, 0.2) is 23.7 Å². The Balaban J connectivity index is 2.52. The SMILES string of the molecule is Cc1cnc(-c2cccs2)nc1C(=O)O. The number of carboxylic acid groups (broad SMARTS) is 1. The zero-order chi connectivity index (χ0) is 10.8. The van der Waals surface area contributed by atoms with Gasteiger partial charge in [0, 0.05) is 11.8 Å². The number of nitrogens with zero attached hydrogens (tertiary/aromatic N) is 2. The van der Waals surface area contributed by atoms with Crippen LogP contribution in [0.1, 0.15) is 16.1 Å². The minimum Gasteiger partial charge on any atom is -0.477 e. The molecule has 5 heteroatoms. The third-order valence-corrected chi connectivity index (χ3v) is 2.78. The third kappa shape index (κ3) is 1.87. The summed E-state index contributed by atoms with van der Waals surface area (Å²) in [5, 5.41) is 10.8. The smallest absolute Gasteiger partial charge is 0.354 e. The monoisotopic (exact) mass is 220 g/mol. The molecule has 0 atom stereocenters. The first kappa shape index (κ1) is 9.79. The molecule has 0 saturated carbocycles. The van der Waals surface area contributed by atoms with E-state index in [0.29, 0.717) is 11.4 Å². The lowest BCUT2D eigenvalue weighted by Crippen LogP contribution is -2.05. The molecule has 0 aliphatic rings. The second-order valence-electron chi connectivity index (χ2n) is 3.01. The summed E-state index contributed by atoms with van der Waals surface area (Å²) < 4.78 is 0. The zero-order valence-corrected chi connectivity index (χ0v) is 8.78. The van der Waals surface area contributed by atoms with Gasteiger partial charge in [-0.1, -0.05) is 6.07 Å². The van der Waals surface area contributed by atoms with Crippen LogP contribution in [0.25, 0.3) is 10.7 Å². The van der Waals surface area contributed by atoms with E-state index in [4.69, 9.17) is 5.11 Å². The molecule has 2 heterocycles. The van der Waals surface area contributed by atoms with E-state index in [2.05, 4.69) is 9.97 Å². The fourth-order valence-electron chi connectivity index (χ4n) is 1.18. The molecule has 0 aliphatic heterocycles. The van der Waals surface area contributed by atoms with E-state index in [-0.39, 0.29) is 5.69 Å². The van der Waals surface area contributed by atoms with Crippen LogP contribution in [0.4, 0.5) is 0 Å². The molecule has 0 saturated heterocycles. The lowest BCUT2D eigenvalue weighted by molar-refractivity contribution is 0.0689. The number of carboxylic acids is 1. The van der Waals surface area contributed by atoms with Gasteiger partial charge in [0.05, 0.1) is 4.88 Å².